The lowest BCUT2D eigenvalue weighted by Gasteiger charge is -2.02. The molecular weight excluding hydrogens is 202 g/mol. The molecule has 0 saturated carbocycles. The fourth-order valence-electron chi connectivity index (χ4n) is 1.36. The summed E-state index contributed by atoms with van der Waals surface area (Å²) in [6, 6.07) is 7.50. The maximum absolute atomic E-state index is 8.96. The number of aromatic nitrogens is 3. The highest BCUT2D eigenvalue weighted by atomic mass is 15.1. The second-order valence-electron chi connectivity index (χ2n) is 3.23. The zero-order valence-corrected chi connectivity index (χ0v) is 8.55. The van der Waals surface area contributed by atoms with Crippen molar-refractivity contribution in [1.29, 1.82) is 10.5 Å². The molecule has 0 aliphatic carbocycles. The minimum atomic E-state index is 0.116. The molecule has 5 nitrogen and oxygen atoms in total. The fourth-order valence-corrected chi connectivity index (χ4v) is 1.36. The molecule has 0 unspecified atom stereocenters. The molecule has 0 bridgehead atoms. The van der Waals surface area contributed by atoms with Gasteiger partial charge in [-0.15, -0.1) is 0 Å². The Kier molecular flexibility index (Phi) is 2.37. The lowest BCUT2D eigenvalue weighted by Crippen LogP contribution is -1.99. The second-order valence-corrected chi connectivity index (χ2v) is 3.23. The number of nitrogens with zero attached hydrogens (tertiary/aromatic N) is 5. The van der Waals surface area contributed by atoms with Crippen molar-refractivity contribution in [2.45, 2.75) is 6.92 Å². The quantitative estimate of drug-likeness (QED) is 0.709. The predicted octanol–water partition coefficient (Wildman–Crippen LogP) is 1.32. The van der Waals surface area contributed by atoms with Gasteiger partial charge < -0.3 is 0 Å². The Hall–Kier alpha value is -2.66. The van der Waals surface area contributed by atoms with Gasteiger partial charge in [-0.2, -0.15) is 10.5 Å². The van der Waals surface area contributed by atoms with E-state index in [1.54, 1.807) is 6.20 Å². The molecule has 0 fully saturated rings. The second kappa shape index (κ2) is 3.84. The van der Waals surface area contributed by atoms with Crippen LogP contribution in [0.1, 0.15) is 17.0 Å². The Morgan fingerprint density at radius 3 is 2.69 bits per heavy atom. The molecule has 0 aliphatic heterocycles. The normalized spacial score (nSPS) is 9.44. The molecule has 0 saturated heterocycles. The third kappa shape index (κ3) is 1.51. The Balaban J connectivity index is 2.63. The monoisotopic (exact) mass is 209 g/mol. The summed E-state index contributed by atoms with van der Waals surface area (Å²) in [4.78, 5) is 7.98. The van der Waals surface area contributed by atoms with Gasteiger partial charge in [-0.05, 0) is 24.6 Å². The summed E-state index contributed by atoms with van der Waals surface area (Å²) in [6.45, 7) is 1.93. The third-order valence-corrected chi connectivity index (χ3v) is 2.13. The highest BCUT2D eigenvalue weighted by Crippen LogP contribution is 2.12. The van der Waals surface area contributed by atoms with Crippen LogP contribution < -0.4 is 0 Å². The van der Waals surface area contributed by atoms with Crippen LogP contribution in [-0.4, -0.2) is 14.5 Å². The van der Waals surface area contributed by atoms with Gasteiger partial charge in [-0.25, -0.2) is 9.97 Å². The Labute approximate surface area is 92.2 Å². The average molecular weight is 209 g/mol. The highest BCUT2D eigenvalue weighted by molar-refractivity contribution is 5.42. The molecule has 0 atom stereocenters. The van der Waals surface area contributed by atoms with E-state index in [4.69, 9.17) is 10.5 Å². The van der Waals surface area contributed by atoms with Crippen molar-refractivity contribution in [2.75, 3.05) is 0 Å². The van der Waals surface area contributed by atoms with Crippen LogP contribution in [0.2, 0.25) is 0 Å². The van der Waals surface area contributed by atoms with Crippen molar-refractivity contribution in [3.63, 3.8) is 0 Å². The number of hydrogen-bond donors (Lipinski definition) is 0. The maximum Gasteiger partial charge on any atom is 0.177 e. The van der Waals surface area contributed by atoms with Gasteiger partial charge in [0.15, 0.2) is 11.4 Å². The van der Waals surface area contributed by atoms with Gasteiger partial charge in [-0.3, -0.25) is 4.57 Å². The first-order chi connectivity index (χ1) is 7.76. The van der Waals surface area contributed by atoms with E-state index in [9.17, 15) is 0 Å². The van der Waals surface area contributed by atoms with Gasteiger partial charge in [0.2, 0.25) is 0 Å². The number of imidazole rings is 1. The first-order valence-electron chi connectivity index (χ1n) is 4.57. The first kappa shape index (κ1) is 9.88. The van der Waals surface area contributed by atoms with Crippen molar-refractivity contribution < 1.29 is 0 Å². The average Bonchev–Trinajstić information content (AvgIpc) is 2.71. The minimum Gasteiger partial charge on any atom is -0.273 e. The molecule has 16 heavy (non-hydrogen) atoms. The van der Waals surface area contributed by atoms with Crippen LogP contribution in [-0.2, 0) is 0 Å². The summed E-state index contributed by atoms with van der Waals surface area (Å²) < 4.78 is 1.51. The molecule has 5 heteroatoms. The number of aryl methyl sites for hydroxylation is 1. The molecule has 0 amide bonds. The summed E-state index contributed by atoms with van der Waals surface area (Å²) in [5, 5.41) is 17.7. The van der Waals surface area contributed by atoms with Crippen LogP contribution in [0.15, 0.2) is 24.7 Å². The van der Waals surface area contributed by atoms with Gasteiger partial charge in [0.1, 0.15) is 24.3 Å². The van der Waals surface area contributed by atoms with E-state index in [1.807, 2.05) is 31.2 Å². The molecule has 2 heterocycles. The molecule has 0 spiro atoms. The van der Waals surface area contributed by atoms with Crippen LogP contribution in [0.5, 0.6) is 0 Å². The Bertz CT molecular complexity index is 612. The molecule has 2 aromatic rings. The molecule has 76 valence electrons. The molecule has 2 rings (SSSR count). The van der Waals surface area contributed by atoms with E-state index >= 15 is 0 Å². The zero-order chi connectivity index (χ0) is 11.5. The SMILES string of the molecule is Cc1ccnc(-n2cnc(C#N)c2C#N)c1. The fraction of sp³-hybridized carbons (Fsp3) is 0.0909. The van der Waals surface area contributed by atoms with Gasteiger partial charge in [0.05, 0.1) is 0 Å². The van der Waals surface area contributed by atoms with Crippen molar-refractivity contribution in [2.24, 2.45) is 0 Å². The van der Waals surface area contributed by atoms with Gasteiger partial charge in [-0.1, -0.05) is 0 Å². The summed E-state index contributed by atoms with van der Waals surface area (Å²) >= 11 is 0. The highest BCUT2D eigenvalue weighted by Gasteiger charge is 2.11. The van der Waals surface area contributed by atoms with Crippen molar-refractivity contribution in [1.82, 2.24) is 14.5 Å². The van der Waals surface area contributed by atoms with Crippen LogP contribution in [0, 0.1) is 29.6 Å². The molecule has 2 aromatic heterocycles. The third-order valence-electron chi connectivity index (χ3n) is 2.13. The standard InChI is InChI=1S/C11H7N5/c1-8-2-3-14-11(4-8)16-7-15-9(5-12)10(16)6-13/h2-4,7H,1H3. The van der Waals surface area contributed by atoms with E-state index in [2.05, 4.69) is 9.97 Å². The van der Waals surface area contributed by atoms with E-state index < -0.39 is 0 Å². The summed E-state index contributed by atoms with van der Waals surface area (Å²) in [7, 11) is 0. The van der Waals surface area contributed by atoms with Gasteiger partial charge >= 0.3 is 0 Å². The predicted molar refractivity (Wildman–Crippen MR) is 55.5 cm³/mol. The van der Waals surface area contributed by atoms with E-state index in [0.29, 0.717) is 5.82 Å². The van der Waals surface area contributed by atoms with Crippen molar-refractivity contribution in [3.8, 4) is 18.0 Å². The van der Waals surface area contributed by atoms with Crippen molar-refractivity contribution >= 4 is 0 Å². The number of pyridine rings is 1. The lowest BCUT2D eigenvalue weighted by molar-refractivity contribution is 0.972. The molecule has 0 aliphatic rings. The molecule has 0 radical (unpaired) electrons. The van der Waals surface area contributed by atoms with Crippen LogP contribution >= 0.6 is 0 Å². The molecule has 0 aromatic carbocycles. The van der Waals surface area contributed by atoms with E-state index in [1.165, 1.54) is 10.9 Å². The van der Waals surface area contributed by atoms with Gasteiger partial charge in [0.25, 0.3) is 0 Å². The van der Waals surface area contributed by atoms with Crippen LogP contribution in [0.25, 0.3) is 5.82 Å². The topological polar surface area (TPSA) is 78.3 Å². The smallest absolute Gasteiger partial charge is 0.177 e. The van der Waals surface area contributed by atoms with Crippen LogP contribution in [0.3, 0.4) is 0 Å². The summed E-state index contributed by atoms with van der Waals surface area (Å²) in [5.74, 6) is 0.588. The number of nitriles is 2. The van der Waals surface area contributed by atoms with Gasteiger partial charge in [0, 0.05) is 6.20 Å². The van der Waals surface area contributed by atoms with Crippen LogP contribution in [0.4, 0.5) is 0 Å². The van der Waals surface area contributed by atoms with E-state index in [0.717, 1.165) is 5.56 Å². The first-order valence-corrected chi connectivity index (χ1v) is 4.57. The molecule has 0 N–H and O–H groups in total. The lowest BCUT2D eigenvalue weighted by atomic mass is 10.3. The Morgan fingerprint density at radius 2 is 2.06 bits per heavy atom. The number of rotatable bonds is 1. The minimum absolute atomic E-state index is 0.116. The summed E-state index contributed by atoms with van der Waals surface area (Å²) in [5.41, 5.74) is 1.35. The molecular formula is C11H7N5. The summed E-state index contributed by atoms with van der Waals surface area (Å²) in [6.07, 6.45) is 3.08. The Morgan fingerprint density at radius 1 is 1.25 bits per heavy atom. The van der Waals surface area contributed by atoms with Crippen molar-refractivity contribution in [3.05, 3.63) is 41.6 Å². The largest absolute Gasteiger partial charge is 0.273 e. The van der Waals surface area contributed by atoms with E-state index in [-0.39, 0.29) is 11.4 Å². The zero-order valence-electron chi connectivity index (χ0n) is 8.55. The maximum atomic E-state index is 8.96. The number of hydrogen-bond acceptors (Lipinski definition) is 4.